The van der Waals surface area contributed by atoms with Crippen LogP contribution in [0.25, 0.3) is 16.2 Å². The summed E-state index contributed by atoms with van der Waals surface area (Å²) < 4.78 is 3.04. The van der Waals surface area contributed by atoms with E-state index in [1.807, 2.05) is 34.0 Å². The van der Waals surface area contributed by atoms with Crippen LogP contribution in [0.3, 0.4) is 0 Å². The van der Waals surface area contributed by atoms with Crippen LogP contribution in [0.1, 0.15) is 11.3 Å². The van der Waals surface area contributed by atoms with Crippen LogP contribution in [0.4, 0.5) is 0 Å². The van der Waals surface area contributed by atoms with Gasteiger partial charge in [0.05, 0.1) is 37.1 Å². The van der Waals surface area contributed by atoms with Crippen LogP contribution in [-0.4, -0.2) is 44.8 Å². The van der Waals surface area contributed by atoms with Crippen molar-refractivity contribution in [1.82, 2.24) is 19.6 Å². The molecule has 0 aliphatic heterocycles. The zero-order chi connectivity index (χ0) is 22.7. The lowest BCUT2D eigenvalue weighted by Crippen LogP contribution is -2.38. The van der Waals surface area contributed by atoms with Gasteiger partial charge < -0.3 is 15.3 Å². The van der Waals surface area contributed by atoms with Gasteiger partial charge >= 0.3 is 0 Å². The number of fused-ring (bicyclic) bond motifs is 1. The minimum Gasteiger partial charge on any atom is -0.508 e. The van der Waals surface area contributed by atoms with Crippen molar-refractivity contribution in [3.05, 3.63) is 75.8 Å². The molecule has 32 heavy (non-hydrogen) atoms. The molecule has 0 fully saturated rings. The van der Waals surface area contributed by atoms with E-state index in [1.165, 1.54) is 17.0 Å². The molecule has 0 saturated heterocycles. The molecular formula is C23H21BrN4O3S. The molecule has 0 aliphatic rings. The summed E-state index contributed by atoms with van der Waals surface area (Å²) in [5, 5.41) is 14.3. The van der Waals surface area contributed by atoms with Crippen molar-refractivity contribution < 1.29 is 14.7 Å². The first-order valence-corrected chi connectivity index (χ1v) is 11.6. The van der Waals surface area contributed by atoms with Gasteiger partial charge in [-0.15, -0.1) is 11.3 Å². The molecule has 2 heterocycles. The molecule has 0 spiro atoms. The SMILES string of the molecule is CN(CC(=O)NCc1cnc2scc(-c3ccc(Br)cc3)n12)C(=O)Cc1ccc(O)cc1. The molecule has 2 aromatic carbocycles. The number of nitrogens with zero attached hydrogens (tertiary/aromatic N) is 3. The molecule has 2 aromatic heterocycles. The van der Waals surface area contributed by atoms with Crippen molar-refractivity contribution in [3.8, 4) is 17.0 Å². The highest BCUT2D eigenvalue weighted by Crippen LogP contribution is 2.28. The van der Waals surface area contributed by atoms with E-state index in [0.717, 1.165) is 31.9 Å². The normalized spacial score (nSPS) is 10.9. The fourth-order valence-electron chi connectivity index (χ4n) is 3.28. The van der Waals surface area contributed by atoms with Crippen LogP contribution >= 0.6 is 27.3 Å². The lowest BCUT2D eigenvalue weighted by Gasteiger charge is -2.17. The summed E-state index contributed by atoms with van der Waals surface area (Å²) in [7, 11) is 1.60. The zero-order valence-electron chi connectivity index (χ0n) is 17.3. The number of imidazole rings is 1. The number of phenols is 1. The maximum absolute atomic E-state index is 12.4. The Kier molecular flexibility index (Phi) is 6.57. The summed E-state index contributed by atoms with van der Waals surface area (Å²) in [6.45, 7) is 0.266. The van der Waals surface area contributed by atoms with Gasteiger partial charge in [0.25, 0.3) is 0 Å². The van der Waals surface area contributed by atoms with Crippen molar-refractivity contribution in [2.24, 2.45) is 0 Å². The highest BCUT2D eigenvalue weighted by molar-refractivity contribution is 9.10. The third-order valence-electron chi connectivity index (χ3n) is 5.02. The molecule has 0 radical (unpaired) electrons. The largest absolute Gasteiger partial charge is 0.508 e. The number of aromatic nitrogens is 2. The second kappa shape index (κ2) is 9.54. The Hall–Kier alpha value is -3.17. The summed E-state index contributed by atoms with van der Waals surface area (Å²) in [6, 6.07) is 14.5. The van der Waals surface area contributed by atoms with E-state index >= 15 is 0 Å². The maximum atomic E-state index is 12.4. The minimum atomic E-state index is -0.248. The van der Waals surface area contributed by atoms with Crippen LogP contribution in [0.15, 0.2) is 64.6 Å². The van der Waals surface area contributed by atoms with Crippen LogP contribution in [-0.2, 0) is 22.6 Å². The van der Waals surface area contributed by atoms with Crippen LogP contribution in [0, 0.1) is 0 Å². The van der Waals surface area contributed by atoms with E-state index in [9.17, 15) is 14.7 Å². The quantitative estimate of drug-likeness (QED) is 0.393. The highest BCUT2D eigenvalue weighted by atomic mass is 79.9. The van der Waals surface area contributed by atoms with Gasteiger partial charge in [0.15, 0.2) is 4.96 Å². The maximum Gasteiger partial charge on any atom is 0.239 e. The van der Waals surface area contributed by atoms with Crippen molar-refractivity contribution in [1.29, 1.82) is 0 Å². The van der Waals surface area contributed by atoms with Gasteiger partial charge in [0.2, 0.25) is 11.8 Å². The molecule has 2 amide bonds. The van der Waals surface area contributed by atoms with E-state index in [1.54, 1.807) is 36.7 Å². The molecule has 0 bridgehead atoms. The molecule has 7 nitrogen and oxygen atoms in total. The molecule has 0 atom stereocenters. The van der Waals surface area contributed by atoms with E-state index in [4.69, 9.17) is 0 Å². The Balaban J connectivity index is 1.37. The summed E-state index contributed by atoms with van der Waals surface area (Å²) in [5.74, 6) is -0.272. The Morgan fingerprint density at radius 3 is 2.59 bits per heavy atom. The molecule has 2 N–H and O–H groups in total. The number of hydrogen-bond acceptors (Lipinski definition) is 5. The smallest absolute Gasteiger partial charge is 0.239 e. The summed E-state index contributed by atoms with van der Waals surface area (Å²) in [4.78, 5) is 31.5. The number of phenolic OH excluding ortho intramolecular Hbond substituents is 1. The number of rotatable bonds is 7. The first-order valence-electron chi connectivity index (χ1n) is 9.89. The highest BCUT2D eigenvalue weighted by Gasteiger charge is 2.16. The predicted molar refractivity (Wildman–Crippen MR) is 127 cm³/mol. The van der Waals surface area contributed by atoms with Gasteiger partial charge in [-0.25, -0.2) is 4.98 Å². The zero-order valence-corrected chi connectivity index (χ0v) is 19.7. The van der Waals surface area contributed by atoms with Crippen molar-refractivity contribution in [2.75, 3.05) is 13.6 Å². The Morgan fingerprint density at radius 1 is 1.16 bits per heavy atom. The number of carbonyl (C=O) groups excluding carboxylic acids is 2. The second-order valence-electron chi connectivity index (χ2n) is 7.37. The van der Waals surface area contributed by atoms with Gasteiger partial charge in [-0.05, 0) is 35.4 Å². The van der Waals surface area contributed by atoms with Crippen molar-refractivity contribution in [3.63, 3.8) is 0 Å². The van der Waals surface area contributed by atoms with Crippen LogP contribution in [0.5, 0.6) is 5.75 Å². The number of hydrogen-bond donors (Lipinski definition) is 2. The van der Waals surface area contributed by atoms with Crippen molar-refractivity contribution >= 4 is 44.0 Å². The predicted octanol–water partition coefficient (Wildman–Crippen LogP) is 3.85. The van der Waals surface area contributed by atoms with Crippen LogP contribution < -0.4 is 5.32 Å². The first-order chi connectivity index (χ1) is 15.4. The first kappa shape index (κ1) is 22.0. The number of amides is 2. The van der Waals surface area contributed by atoms with E-state index in [-0.39, 0.29) is 30.5 Å². The number of likely N-dealkylation sites (N-methyl/N-ethyl adjacent to an activating group) is 1. The van der Waals surface area contributed by atoms with Gasteiger partial charge in [-0.2, -0.15) is 0 Å². The monoisotopic (exact) mass is 512 g/mol. The molecule has 0 unspecified atom stereocenters. The van der Waals surface area contributed by atoms with Crippen LogP contribution in [0.2, 0.25) is 0 Å². The lowest BCUT2D eigenvalue weighted by atomic mass is 10.1. The fraction of sp³-hybridized carbons (Fsp3) is 0.174. The van der Waals surface area contributed by atoms with Gasteiger partial charge in [0, 0.05) is 16.9 Å². The Bertz CT molecular complexity index is 1250. The topological polar surface area (TPSA) is 86.9 Å². The van der Waals surface area contributed by atoms with Gasteiger partial charge in [0.1, 0.15) is 5.75 Å². The number of benzene rings is 2. The average Bonchev–Trinajstić information content (AvgIpc) is 3.37. The number of carbonyl (C=O) groups is 2. The molecule has 0 aliphatic carbocycles. The third-order valence-corrected chi connectivity index (χ3v) is 6.39. The molecule has 0 saturated carbocycles. The molecule has 9 heteroatoms. The summed E-state index contributed by atoms with van der Waals surface area (Å²) in [5.41, 5.74) is 3.72. The van der Waals surface area contributed by atoms with Gasteiger partial charge in [-0.1, -0.05) is 40.2 Å². The molecular weight excluding hydrogens is 492 g/mol. The fourth-order valence-corrected chi connectivity index (χ4v) is 4.44. The van der Waals surface area contributed by atoms with Gasteiger partial charge in [-0.3, -0.25) is 14.0 Å². The van der Waals surface area contributed by atoms with Crippen molar-refractivity contribution in [2.45, 2.75) is 13.0 Å². The Labute approximate surface area is 197 Å². The molecule has 4 rings (SSSR count). The van der Waals surface area contributed by atoms with E-state index in [0.29, 0.717) is 6.54 Å². The summed E-state index contributed by atoms with van der Waals surface area (Å²) >= 11 is 5.00. The number of halogens is 1. The third kappa shape index (κ3) is 5.00. The standard InChI is InChI=1S/C23H21BrN4O3S/c1-27(22(31)10-15-2-8-19(29)9-3-15)13-21(30)25-11-18-12-26-23-28(18)20(14-32-23)16-4-6-17(24)7-5-16/h2-9,12,14,29H,10-11,13H2,1H3,(H,25,30). The average molecular weight is 513 g/mol. The number of nitrogens with one attached hydrogen (secondary N) is 1. The van der Waals surface area contributed by atoms with E-state index < -0.39 is 0 Å². The Morgan fingerprint density at radius 2 is 1.88 bits per heavy atom. The number of thiazole rings is 1. The summed E-state index contributed by atoms with van der Waals surface area (Å²) in [6.07, 6.45) is 1.92. The lowest BCUT2D eigenvalue weighted by molar-refractivity contribution is -0.134. The second-order valence-corrected chi connectivity index (χ2v) is 9.12. The molecule has 4 aromatic rings. The van der Waals surface area contributed by atoms with E-state index in [2.05, 4.69) is 26.2 Å². The minimum absolute atomic E-state index is 0.0396. The molecule has 164 valence electrons. The number of aromatic hydroxyl groups is 1.